The van der Waals surface area contributed by atoms with E-state index in [-0.39, 0.29) is 22.7 Å². The number of nitro groups is 1. The molecule has 0 spiro atoms. The van der Waals surface area contributed by atoms with Crippen LogP contribution in [-0.4, -0.2) is 25.7 Å². The number of phenols is 1. The van der Waals surface area contributed by atoms with Gasteiger partial charge in [0.1, 0.15) is 5.75 Å². The predicted molar refractivity (Wildman–Crippen MR) is 70.7 cm³/mol. The van der Waals surface area contributed by atoms with Crippen LogP contribution in [0.2, 0.25) is 0 Å². The maximum Gasteiger partial charge on any atom is 0.296 e. The van der Waals surface area contributed by atoms with E-state index in [1.807, 2.05) is 0 Å². The summed E-state index contributed by atoms with van der Waals surface area (Å²) < 4.78 is 1.51. The van der Waals surface area contributed by atoms with Crippen LogP contribution in [0.3, 0.4) is 0 Å². The Kier molecular flexibility index (Phi) is 3.38. The number of carbonyl (C=O) groups excluding carboxylic acids is 1. The van der Waals surface area contributed by atoms with Crippen molar-refractivity contribution >= 4 is 17.3 Å². The smallest absolute Gasteiger partial charge is 0.296 e. The minimum Gasteiger partial charge on any atom is -0.505 e. The monoisotopic (exact) mass is 276 g/mol. The third kappa shape index (κ3) is 2.30. The van der Waals surface area contributed by atoms with Crippen LogP contribution in [0, 0.1) is 17.0 Å². The summed E-state index contributed by atoms with van der Waals surface area (Å²) in [6, 6.07) is 3.79. The molecule has 0 aliphatic carbocycles. The highest BCUT2D eigenvalue weighted by Crippen LogP contribution is 2.33. The minimum atomic E-state index is -0.675. The number of nitrogens with one attached hydrogen (secondary N) is 1. The molecule has 104 valence electrons. The van der Waals surface area contributed by atoms with E-state index in [9.17, 15) is 20.0 Å². The number of nitro benzene ring substituents is 1. The molecule has 2 rings (SSSR count). The summed E-state index contributed by atoms with van der Waals surface area (Å²) in [6.45, 7) is 1.70. The zero-order chi connectivity index (χ0) is 14.9. The Bertz CT molecular complexity index is 693. The van der Waals surface area contributed by atoms with Crippen molar-refractivity contribution in [1.82, 2.24) is 9.78 Å². The van der Waals surface area contributed by atoms with Crippen LogP contribution in [0.5, 0.6) is 5.75 Å². The standard InChI is InChI=1S/C12H12N4O4/c1-7-8(6-13-15(7)2)12(18)14-11-9(16(19)20)4-3-5-10(11)17/h3-6,17H,1-2H3,(H,14,18). The van der Waals surface area contributed by atoms with Gasteiger partial charge in [-0.25, -0.2) is 0 Å². The second-order valence-corrected chi connectivity index (χ2v) is 4.15. The number of para-hydroxylation sites is 1. The first-order valence-corrected chi connectivity index (χ1v) is 5.68. The molecule has 2 aromatic rings. The average molecular weight is 276 g/mol. The number of hydrogen-bond donors (Lipinski definition) is 2. The zero-order valence-corrected chi connectivity index (χ0v) is 10.8. The van der Waals surface area contributed by atoms with Gasteiger partial charge in [-0.3, -0.25) is 19.6 Å². The van der Waals surface area contributed by atoms with Crippen LogP contribution in [0.1, 0.15) is 16.1 Å². The Morgan fingerprint density at radius 2 is 2.20 bits per heavy atom. The van der Waals surface area contributed by atoms with E-state index >= 15 is 0 Å². The number of hydrogen-bond acceptors (Lipinski definition) is 5. The van der Waals surface area contributed by atoms with Crippen LogP contribution in [-0.2, 0) is 7.05 Å². The molecule has 0 radical (unpaired) electrons. The number of anilines is 1. The van der Waals surface area contributed by atoms with Crippen LogP contribution < -0.4 is 5.32 Å². The number of benzene rings is 1. The Balaban J connectivity index is 2.38. The predicted octanol–water partition coefficient (Wildman–Crippen LogP) is 1.59. The Hall–Kier alpha value is -2.90. The number of aromatic nitrogens is 2. The van der Waals surface area contributed by atoms with Gasteiger partial charge < -0.3 is 10.4 Å². The highest BCUT2D eigenvalue weighted by atomic mass is 16.6. The summed E-state index contributed by atoms with van der Waals surface area (Å²) in [4.78, 5) is 22.3. The van der Waals surface area contributed by atoms with E-state index in [0.717, 1.165) is 0 Å². The second kappa shape index (κ2) is 5.00. The van der Waals surface area contributed by atoms with Gasteiger partial charge in [0, 0.05) is 18.8 Å². The summed E-state index contributed by atoms with van der Waals surface area (Å²) in [5.41, 5.74) is 0.288. The van der Waals surface area contributed by atoms with Crippen molar-refractivity contribution in [2.75, 3.05) is 5.32 Å². The SMILES string of the molecule is Cc1c(C(=O)Nc2c(O)cccc2[N+](=O)[O-])cnn1C. The highest BCUT2D eigenvalue weighted by molar-refractivity contribution is 6.06. The van der Waals surface area contributed by atoms with Crippen molar-refractivity contribution in [3.63, 3.8) is 0 Å². The summed E-state index contributed by atoms with van der Waals surface area (Å²) >= 11 is 0. The maximum atomic E-state index is 12.1. The molecule has 0 aliphatic rings. The summed E-state index contributed by atoms with van der Waals surface area (Å²) in [5.74, 6) is -0.936. The van der Waals surface area contributed by atoms with Gasteiger partial charge in [-0.2, -0.15) is 5.10 Å². The molecular weight excluding hydrogens is 264 g/mol. The number of aryl methyl sites for hydroxylation is 1. The first kappa shape index (κ1) is 13.5. The van der Waals surface area contributed by atoms with E-state index in [0.29, 0.717) is 5.69 Å². The molecule has 1 amide bonds. The largest absolute Gasteiger partial charge is 0.505 e. The molecule has 0 aliphatic heterocycles. The molecule has 8 heteroatoms. The van der Waals surface area contributed by atoms with E-state index in [1.54, 1.807) is 14.0 Å². The van der Waals surface area contributed by atoms with Gasteiger partial charge >= 0.3 is 0 Å². The van der Waals surface area contributed by atoms with E-state index in [1.165, 1.54) is 29.1 Å². The summed E-state index contributed by atoms with van der Waals surface area (Å²) in [7, 11) is 1.68. The number of carbonyl (C=O) groups is 1. The van der Waals surface area contributed by atoms with Gasteiger partial charge in [0.25, 0.3) is 11.6 Å². The van der Waals surface area contributed by atoms with Gasteiger partial charge in [0.05, 0.1) is 16.7 Å². The third-order valence-corrected chi connectivity index (χ3v) is 2.94. The second-order valence-electron chi connectivity index (χ2n) is 4.15. The van der Waals surface area contributed by atoms with Crippen molar-refractivity contribution in [3.8, 4) is 5.75 Å². The van der Waals surface area contributed by atoms with Gasteiger partial charge in [0.15, 0.2) is 5.69 Å². The molecule has 0 fully saturated rings. The van der Waals surface area contributed by atoms with Crippen molar-refractivity contribution < 1.29 is 14.8 Å². The number of amides is 1. The molecule has 2 N–H and O–H groups in total. The molecule has 1 aromatic heterocycles. The quantitative estimate of drug-likeness (QED) is 0.502. The van der Waals surface area contributed by atoms with Crippen LogP contribution >= 0.6 is 0 Å². The third-order valence-electron chi connectivity index (χ3n) is 2.94. The Morgan fingerprint density at radius 1 is 1.50 bits per heavy atom. The molecule has 8 nitrogen and oxygen atoms in total. The molecule has 0 atom stereocenters. The molecule has 20 heavy (non-hydrogen) atoms. The maximum absolute atomic E-state index is 12.1. The van der Waals surface area contributed by atoms with Crippen LogP contribution in [0.15, 0.2) is 24.4 Å². The van der Waals surface area contributed by atoms with Crippen molar-refractivity contribution in [2.24, 2.45) is 7.05 Å². The lowest BCUT2D eigenvalue weighted by Gasteiger charge is -2.07. The first-order valence-electron chi connectivity index (χ1n) is 5.68. The van der Waals surface area contributed by atoms with Gasteiger partial charge in [-0.15, -0.1) is 0 Å². The van der Waals surface area contributed by atoms with Gasteiger partial charge in [-0.1, -0.05) is 6.07 Å². The number of aromatic hydroxyl groups is 1. The van der Waals surface area contributed by atoms with E-state index in [4.69, 9.17) is 0 Å². The van der Waals surface area contributed by atoms with Crippen molar-refractivity contribution in [1.29, 1.82) is 0 Å². The summed E-state index contributed by atoms with van der Waals surface area (Å²) in [5, 5.41) is 26.8. The zero-order valence-electron chi connectivity index (χ0n) is 10.8. The highest BCUT2D eigenvalue weighted by Gasteiger charge is 2.21. The molecule has 0 saturated carbocycles. The van der Waals surface area contributed by atoms with E-state index < -0.39 is 10.8 Å². The molecule has 0 unspecified atom stereocenters. The lowest BCUT2D eigenvalue weighted by Crippen LogP contribution is -2.14. The fourth-order valence-electron chi connectivity index (χ4n) is 1.71. The molecular formula is C12H12N4O4. The van der Waals surface area contributed by atoms with Crippen LogP contribution in [0.4, 0.5) is 11.4 Å². The lowest BCUT2D eigenvalue weighted by molar-refractivity contribution is -0.384. The fraction of sp³-hybridized carbons (Fsp3) is 0.167. The number of nitrogens with zero attached hydrogens (tertiary/aromatic N) is 3. The van der Waals surface area contributed by atoms with E-state index in [2.05, 4.69) is 10.4 Å². The first-order chi connectivity index (χ1) is 9.41. The minimum absolute atomic E-state index is 0.231. The number of phenolic OH excluding ortho intramolecular Hbond substituents is 1. The lowest BCUT2D eigenvalue weighted by atomic mass is 10.2. The summed E-state index contributed by atoms with van der Waals surface area (Å²) in [6.07, 6.45) is 1.36. The molecule has 1 heterocycles. The Labute approximate surface area is 113 Å². The molecule has 1 aromatic carbocycles. The van der Waals surface area contributed by atoms with Crippen LogP contribution in [0.25, 0.3) is 0 Å². The van der Waals surface area contributed by atoms with Crippen molar-refractivity contribution in [2.45, 2.75) is 6.92 Å². The van der Waals surface area contributed by atoms with Gasteiger partial charge in [-0.05, 0) is 13.0 Å². The topological polar surface area (TPSA) is 110 Å². The van der Waals surface area contributed by atoms with Gasteiger partial charge in [0.2, 0.25) is 0 Å². The molecule has 0 bridgehead atoms. The Morgan fingerprint density at radius 3 is 2.75 bits per heavy atom. The number of rotatable bonds is 3. The average Bonchev–Trinajstić information content (AvgIpc) is 2.72. The van der Waals surface area contributed by atoms with Crippen molar-refractivity contribution in [3.05, 3.63) is 45.8 Å². The normalized spacial score (nSPS) is 10.3. The molecule has 0 saturated heterocycles. The fourth-order valence-corrected chi connectivity index (χ4v) is 1.71.